The molecule has 1 aromatic rings. The van der Waals surface area contributed by atoms with E-state index in [2.05, 4.69) is 26.1 Å². The molecule has 2 atom stereocenters. The van der Waals surface area contributed by atoms with Crippen LogP contribution in [0.3, 0.4) is 0 Å². The van der Waals surface area contributed by atoms with Gasteiger partial charge >= 0.3 is 0 Å². The Morgan fingerprint density at radius 3 is 3.11 bits per heavy atom. The van der Waals surface area contributed by atoms with Crippen LogP contribution in [-0.4, -0.2) is 30.6 Å². The Kier molecular flexibility index (Phi) is 3.68. The smallest absolute Gasteiger partial charge is 0.137 e. The second-order valence-electron chi connectivity index (χ2n) is 5.38. The number of rotatable bonds is 2. The topological polar surface area (TPSA) is 15.3 Å². The monoisotopic (exact) mass is 312 g/mol. The number of nitrogens with one attached hydrogen (secondary N) is 1. The first-order valence-electron chi connectivity index (χ1n) is 6.62. The third-order valence-corrected chi connectivity index (χ3v) is 4.74. The van der Waals surface area contributed by atoms with Crippen LogP contribution in [0.5, 0.6) is 0 Å². The summed E-state index contributed by atoms with van der Waals surface area (Å²) in [6.45, 7) is 4.42. The molecule has 2 unspecified atom stereocenters. The normalized spacial score (nSPS) is 28.3. The molecular weight excluding hydrogens is 295 g/mol. The zero-order valence-electron chi connectivity index (χ0n) is 10.3. The van der Waals surface area contributed by atoms with Gasteiger partial charge in [0.1, 0.15) is 5.82 Å². The zero-order chi connectivity index (χ0) is 12.5. The van der Waals surface area contributed by atoms with E-state index in [0.29, 0.717) is 4.47 Å². The van der Waals surface area contributed by atoms with Gasteiger partial charge in [0.25, 0.3) is 0 Å². The first kappa shape index (κ1) is 12.6. The summed E-state index contributed by atoms with van der Waals surface area (Å²) in [4.78, 5) is 2.49. The lowest BCUT2D eigenvalue weighted by Gasteiger charge is -2.34. The fourth-order valence-electron chi connectivity index (χ4n) is 3.16. The van der Waals surface area contributed by atoms with Crippen molar-refractivity contribution in [2.75, 3.05) is 19.6 Å². The van der Waals surface area contributed by atoms with Crippen molar-refractivity contribution in [3.8, 4) is 0 Å². The zero-order valence-corrected chi connectivity index (χ0v) is 11.9. The summed E-state index contributed by atoms with van der Waals surface area (Å²) in [5.41, 5.74) is 1.19. The van der Waals surface area contributed by atoms with Crippen molar-refractivity contribution in [3.63, 3.8) is 0 Å². The molecule has 0 aliphatic carbocycles. The lowest BCUT2D eigenvalue weighted by molar-refractivity contribution is 0.156. The molecule has 3 rings (SSSR count). The van der Waals surface area contributed by atoms with E-state index in [1.165, 1.54) is 31.5 Å². The van der Waals surface area contributed by atoms with Crippen LogP contribution in [-0.2, 0) is 6.54 Å². The Labute approximate surface area is 116 Å². The number of likely N-dealkylation sites (tertiary alicyclic amines) is 1. The van der Waals surface area contributed by atoms with Crippen LogP contribution in [0, 0.1) is 11.7 Å². The van der Waals surface area contributed by atoms with E-state index < -0.39 is 0 Å². The highest BCUT2D eigenvalue weighted by Crippen LogP contribution is 2.26. The minimum Gasteiger partial charge on any atom is -0.314 e. The van der Waals surface area contributed by atoms with Crippen molar-refractivity contribution in [2.45, 2.75) is 25.4 Å². The fraction of sp³-hybridized carbons (Fsp3) is 0.571. The van der Waals surface area contributed by atoms with Crippen LogP contribution in [0.4, 0.5) is 4.39 Å². The van der Waals surface area contributed by atoms with Crippen LogP contribution in [0.25, 0.3) is 0 Å². The van der Waals surface area contributed by atoms with Crippen LogP contribution in [0.1, 0.15) is 18.4 Å². The highest BCUT2D eigenvalue weighted by molar-refractivity contribution is 9.10. The summed E-state index contributed by atoms with van der Waals surface area (Å²) < 4.78 is 13.8. The van der Waals surface area contributed by atoms with Gasteiger partial charge in [-0.05, 0) is 65.5 Å². The molecule has 0 saturated carbocycles. The Morgan fingerprint density at radius 2 is 2.28 bits per heavy atom. The second kappa shape index (κ2) is 5.27. The Hall–Kier alpha value is -0.450. The Morgan fingerprint density at radius 1 is 1.39 bits per heavy atom. The molecule has 1 N–H and O–H groups in total. The molecule has 0 aromatic heterocycles. The molecular formula is C14H18BrFN2. The van der Waals surface area contributed by atoms with Gasteiger partial charge in [-0.25, -0.2) is 4.39 Å². The predicted molar refractivity (Wildman–Crippen MR) is 73.9 cm³/mol. The first-order chi connectivity index (χ1) is 8.72. The number of piperidine rings is 1. The molecule has 2 saturated heterocycles. The molecule has 0 radical (unpaired) electrons. The number of nitrogens with zero attached hydrogens (tertiary/aromatic N) is 1. The summed E-state index contributed by atoms with van der Waals surface area (Å²) in [7, 11) is 0. The molecule has 4 heteroatoms. The SMILES string of the molecule is Fc1ccc(CN2CCC3NCCC3C2)cc1Br. The second-order valence-corrected chi connectivity index (χ2v) is 6.24. The van der Waals surface area contributed by atoms with Crippen molar-refractivity contribution in [1.29, 1.82) is 0 Å². The maximum atomic E-state index is 13.2. The number of hydrogen-bond donors (Lipinski definition) is 1. The molecule has 2 aliphatic heterocycles. The van der Waals surface area contributed by atoms with Crippen molar-refractivity contribution >= 4 is 15.9 Å². The third kappa shape index (κ3) is 2.60. The van der Waals surface area contributed by atoms with Crippen LogP contribution >= 0.6 is 15.9 Å². The molecule has 0 spiro atoms. The minimum absolute atomic E-state index is 0.183. The van der Waals surface area contributed by atoms with E-state index in [1.54, 1.807) is 6.07 Å². The van der Waals surface area contributed by atoms with Crippen LogP contribution in [0.15, 0.2) is 22.7 Å². The molecule has 2 fully saturated rings. The quantitative estimate of drug-likeness (QED) is 0.903. The number of benzene rings is 1. The molecule has 2 nitrogen and oxygen atoms in total. The van der Waals surface area contributed by atoms with Crippen LogP contribution < -0.4 is 5.32 Å². The summed E-state index contributed by atoms with van der Waals surface area (Å²) in [5, 5.41) is 3.58. The maximum absolute atomic E-state index is 13.2. The van der Waals surface area contributed by atoms with E-state index in [-0.39, 0.29) is 5.82 Å². The van der Waals surface area contributed by atoms with Gasteiger partial charge in [0.2, 0.25) is 0 Å². The molecule has 0 amide bonds. The van der Waals surface area contributed by atoms with E-state index in [0.717, 1.165) is 25.0 Å². The molecule has 18 heavy (non-hydrogen) atoms. The van der Waals surface area contributed by atoms with Gasteiger partial charge in [0.05, 0.1) is 4.47 Å². The summed E-state index contributed by atoms with van der Waals surface area (Å²) in [5.74, 6) is 0.625. The summed E-state index contributed by atoms with van der Waals surface area (Å²) in [6, 6.07) is 6.07. The number of fused-ring (bicyclic) bond motifs is 1. The van der Waals surface area contributed by atoms with Crippen molar-refractivity contribution in [1.82, 2.24) is 10.2 Å². The van der Waals surface area contributed by atoms with Gasteiger partial charge in [0.15, 0.2) is 0 Å². The van der Waals surface area contributed by atoms with E-state index >= 15 is 0 Å². The van der Waals surface area contributed by atoms with Gasteiger partial charge in [-0.15, -0.1) is 0 Å². The number of hydrogen-bond acceptors (Lipinski definition) is 2. The van der Waals surface area contributed by atoms with Crippen molar-refractivity contribution < 1.29 is 4.39 Å². The standard InChI is InChI=1S/C14H18BrFN2/c15-12-7-10(1-2-13(12)16)8-18-6-4-14-11(9-18)3-5-17-14/h1-2,7,11,14,17H,3-6,8-9H2. The van der Waals surface area contributed by atoms with E-state index in [4.69, 9.17) is 0 Å². The molecule has 98 valence electrons. The highest BCUT2D eigenvalue weighted by atomic mass is 79.9. The minimum atomic E-state index is -0.183. The fourth-order valence-corrected chi connectivity index (χ4v) is 3.59. The highest BCUT2D eigenvalue weighted by Gasteiger charge is 2.32. The Balaban J connectivity index is 1.64. The summed E-state index contributed by atoms with van der Waals surface area (Å²) in [6.07, 6.45) is 2.54. The number of halogens is 2. The van der Waals surface area contributed by atoms with Crippen LogP contribution in [0.2, 0.25) is 0 Å². The van der Waals surface area contributed by atoms with E-state index in [9.17, 15) is 4.39 Å². The third-order valence-electron chi connectivity index (χ3n) is 4.13. The average molecular weight is 313 g/mol. The average Bonchev–Trinajstić information content (AvgIpc) is 2.81. The van der Waals surface area contributed by atoms with Gasteiger partial charge in [-0.2, -0.15) is 0 Å². The largest absolute Gasteiger partial charge is 0.314 e. The molecule has 1 aromatic carbocycles. The lowest BCUT2D eigenvalue weighted by Crippen LogP contribution is -2.43. The van der Waals surface area contributed by atoms with Crippen molar-refractivity contribution in [3.05, 3.63) is 34.1 Å². The maximum Gasteiger partial charge on any atom is 0.137 e. The van der Waals surface area contributed by atoms with Gasteiger partial charge in [-0.1, -0.05) is 6.07 Å². The van der Waals surface area contributed by atoms with E-state index in [1.807, 2.05) is 12.1 Å². The summed E-state index contributed by atoms with van der Waals surface area (Å²) >= 11 is 3.25. The van der Waals surface area contributed by atoms with Gasteiger partial charge in [-0.3, -0.25) is 4.90 Å². The van der Waals surface area contributed by atoms with Gasteiger partial charge in [0, 0.05) is 19.1 Å². The Bertz CT molecular complexity index is 438. The first-order valence-corrected chi connectivity index (χ1v) is 7.41. The lowest BCUT2D eigenvalue weighted by atomic mass is 9.93. The van der Waals surface area contributed by atoms with Gasteiger partial charge < -0.3 is 5.32 Å². The molecule has 2 heterocycles. The van der Waals surface area contributed by atoms with Crippen molar-refractivity contribution in [2.24, 2.45) is 5.92 Å². The molecule has 2 aliphatic rings. The molecule has 0 bridgehead atoms. The predicted octanol–water partition coefficient (Wildman–Crippen LogP) is 2.77.